The maximum absolute atomic E-state index is 4.68. The lowest BCUT2D eigenvalue weighted by Gasteiger charge is -2.31. The van der Waals surface area contributed by atoms with E-state index in [2.05, 4.69) is 34.4 Å². The first-order chi connectivity index (χ1) is 7.78. The molecule has 0 spiro atoms. The summed E-state index contributed by atoms with van der Waals surface area (Å²) < 4.78 is 0. The molecule has 1 aromatic rings. The van der Waals surface area contributed by atoms with Crippen LogP contribution in [0.4, 0.5) is 0 Å². The van der Waals surface area contributed by atoms with Crippen LogP contribution in [0.2, 0.25) is 0 Å². The first-order valence-electron chi connectivity index (χ1n) is 6.17. The van der Waals surface area contributed by atoms with E-state index >= 15 is 0 Å². The largest absolute Gasteiger partial charge is 0.312 e. The second-order valence-corrected chi connectivity index (χ2v) is 5.52. The van der Waals surface area contributed by atoms with Crippen molar-refractivity contribution in [2.45, 2.75) is 39.3 Å². The monoisotopic (exact) mass is 275 g/mol. The zero-order valence-corrected chi connectivity index (χ0v) is 12.2. The Bertz CT molecular complexity index is 329. The average Bonchev–Trinajstić information content (AvgIpc) is 2.66. The van der Waals surface area contributed by atoms with Crippen molar-refractivity contribution in [2.75, 3.05) is 19.6 Å². The van der Waals surface area contributed by atoms with Crippen LogP contribution in [-0.2, 0) is 13.0 Å². The van der Waals surface area contributed by atoms with E-state index < -0.39 is 0 Å². The third kappa shape index (κ3) is 4.54. The molecular formula is C12H22ClN3S. The van der Waals surface area contributed by atoms with E-state index in [4.69, 9.17) is 0 Å². The van der Waals surface area contributed by atoms with Gasteiger partial charge in [-0.25, -0.2) is 4.98 Å². The highest BCUT2D eigenvalue weighted by atomic mass is 35.5. The Morgan fingerprint density at radius 3 is 3.12 bits per heavy atom. The number of aromatic nitrogens is 1. The average molecular weight is 276 g/mol. The van der Waals surface area contributed by atoms with Crippen LogP contribution in [-0.4, -0.2) is 35.6 Å². The summed E-state index contributed by atoms with van der Waals surface area (Å²) >= 11 is 1.81. The van der Waals surface area contributed by atoms with E-state index in [0.717, 1.165) is 32.6 Å². The van der Waals surface area contributed by atoms with Crippen LogP contribution < -0.4 is 5.32 Å². The van der Waals surface area contributed by atoms with Crippen molar-refractivity contribution < 1.29 is 0 Å². The highest BCUT2D eigenvalue weighted by Gasteiger charge is 2.16. The van der Waals surface area contributed by atoms with E-state index in [-0.39, 0.29) is 12.4 Å². The molecule has 0 bridgehead atoms. The Hall–Kier alpha value is -0.160. The normalized spacial score (nSPS) is 21.2. The molecule has 0 aromatic carbocycles. The van der Waals surface area contributed by atoms with Gasteiger partial charge in [0.25, 0.3) is 0 Å². The summed E-state index contributed by atoms with van der Waals surface area (Å²) in [7, 11) is 0. The molecule has 3 nitrogen and oxygen atoms in total. The number of rotatable bonds is 4. The lowest BCUT2D eigenvalue weighted by Crippen LogP contribution is -2.48. The van der Waals surface area contributed by atoms with Gasteiger partial charge < -0.3 is 5.32 Å². The number of aryl methyl sites for hydroxylation is 1. The third-order valence-electron chi connectivity index (χ3n) is 2.92. The number of piperazine rings is 1. The number of halogens is 1. The van der Waals surface area contributed by atoms with Crippen molar-refractivity contribution in [3.8, 4) is 0 Å². The molecule has 0 saturated carbocycles. The summed E-state index contributed by atoms with van der Waals surface area (Å²) in [5.74, 6) is 0. The molecule has 5 heteroatoms. The van der Waals surface area contributed by atoms with Crippen LogP contribution in [0.15, 0.2) is 5.38 Å². The topological polar surface area (TPSA) is 28.2 Å². The first-order valence-corrected chi connectivity index (χ1v) is 7.05. The molecule has 2 heterocycles. The second kappa shape index (κ2) is 7.31. The molecule has 2 rings (SSSR count). The predicted molar refractivity (Wildman–Crippen MR) is 76.1 cm³/mol. The predicted octanol–water partition coefficient (Wildman–Crippen LogP) is 2.31. The molecule has 1 fully saturated rings. The maximum atomic E-state index is 4.68. The molecule has 0 radical (unpaired) electrons. The molecular weight excluding hydrogens is 254 g/mol. The lowest BCUT2D eigenvalue weighted by molar-refractivity contribution is 0.199. The molecule has 0 amide bonds. The number of nitrogens with one attached hydrogen (secondary N) is 1. The standard InChI is InChI=1S/C12H21N3S.ClH/c1-3-4-11-9-16-12(14-11)8-15-6-5-13-10(2)7-15;/h9-10,13H,3-8H2,1-2H3;1H/t10-;/m1./s1. The fourth-order valence-corrected chi connectivity index (χ4v) is 3.01. The quantitative estimate of drug-likeness (QED) is 0.914. The molecule has 0 unspecified atom stereocenters. The van der Waals surface area contributed by atoms with Crippen molar-refractivity contribution in [3.63, 3.8) is 0 Å². The van der Waals surface area contributed by atoms with E-state index in [9.17, 15) is 0 Å². The summed E-state index contributed by atoms with van der Waals surface area (Å²) in [6, 6.07) is 0.615. The van der Waals surface area contributed by atoms with Gasteiger partial charge in [-0.15, -0.1) is 23.7 Å². The Morgan fingerprint density at radius 2 is 2.41 bits per heavy atom. The molecule has 17 heavy (non-hydrogen) atoms. The third-order valence-corrected chi connectivity index (χ3v) is 3.80. The molecule has 1 atom stereocenters. The molecule has 1 N–H and O–H groups in total. The minimum atomic E-state index is 0. The first kappa shape index (κ1) is 14.9. The van der Waals surface area contributed by atoms with Crippen molar-refractivity contribution in [2.24, 2.45) is 0 Å². The van der Waals surface area contributed by atoms with E-state index in [1.54, 1.807) is 0 Å². The van der Waals surface area contributed by atoms with E-state index in [1.165, 1.54) is 17.1 Å². The summed E-state index contributed by atoms with van der Waals surface area (Å²) in [5.41, 5.74) is 1.27. The van der Waals surface area contributed by atoms with Crippen molar-refractivity contribution in [3.05, 3.63) is 16.1 Å². The van der Waals surface area contributed by atoms with Crippen LogP contribution in [0.5, 0.6) is 0 Å². The van der Waals surface area contributed by atoms with Gasteiger partial charge in [-0.1, -0.05) is 13.3 Å². The summed E-state index contributed by atoms with van der Waals surface area (Å²) in [5, 5.41) is 6.95. The fourth-order valence-electron chi connectivity index (χ4n) is 2.14. The minimum Gasteiger partial charge on any atom is -0.312 e. The van der Waals surface area contributed by atoms with E-state index in [1.807, 2.05) is 11.3 Å². The minimum absolute atomic E-state index is 0. The van der Waals surface area contributed by atoms with E-state index in [0.29, 0.717) is 6.04 Å². The highest BCUT2D eigenvalue weighted by molar-refractivity contribution is 7.09. The van der Waals surface area contributed by atoms with Crippen LogP contribution in [0, 0.1) is 0 Å². The van der Waals surface area contributed by atoms with Gasteiger partial charge in [0.2, 0.25) is 0 Å². The molecule has 1 aliphatic heterocycles. The summed E-state index contributed by atoms with van der Waals surface area (Å²) in [6.45, 7) is 8.87. The van der Waals surface area contributed by atoms with Gasteiger partial charge >= 0.3 is 0 Å². The molecule has 1 aromatic heterocycles. The molecule has 98 valence electrons. The molecule has 1 aliphatic rings. The van der Waals surface area contributed by atoms with Crippen LogP contribution >= 0.6 is 23.7 Å². The van der Waals surface area contributed by atoms with Gasteiger partial charge in [-0.2, -0.15) is 0 Å². The molecule has 0 aliphatic carbocycles. The van der Waals surface area contributed by atoms with Crippen molar-refractivity contribution in [1.29, 1.82) is 0 Å². The van der Waals surface area contributed by atoms with Crippen molar-refractivity contribution in [1.82, 2.24) is 15.2 Å². The van der Waals surface area contributed by atoms with Crippen LogP contribution in [0.1, 0.15) is 31.0 Å². The van der Waals surface area contributed by atoms with Gasteiger partial charge in [0.05, 0.1) is 12.2 Å². The van der Waals surface area contributed by atoms with Gasteiger partial charge in [-0.3, -0.25) is 4.90 Å². The van der Waals surface area contributed by atoms with Crippen LogP contribution in [0.3, 0.4) is 0 Å². The van der Waals surface area contributed by atoms with Crippen LogP contribution in [0.25, 0.3) is 0 Å². The number of hydrogen-bond acceptors (Lipinski definition) is 4. The Morgan fingerprint density at radius 1 is 1.59 bits per heavy atom. The lowest BCUT2D eigenvalue weighted by atomic mass is 10.2. The van der Waals surface area contributed by atoms with Gasteiger partial charge in [0.1, 0.15) is 5.01 Å². The Balaban J connectivity index is 0.00000144. The molecule has 1 saturated heterocycles. The SMILES string of the molecule is CCCc1csc(CN2CCN[C@H](C)C2)n1.Cl. The van der Waals surface area contributed by atoms with Gasteiger partial charge in [0.15, 0.2) is 0 Å². The summed E-state index contributed by atoms with van der Waals surface area (Å²) in [6.07, 6.45) is 2.31. The summed E-state index contributed by atoms with van der Waals surface area (Å²) in [4.78, 5) is 7.17. The fraction of sp³-hybridized carbons (Fsp3) is 0.750. The second-order valence-electron chi connectivity index (χ2n) is 4.57. The number of hydrogen-bond donors (Lipinski definition) is 1. The maximum Gasteiger partial charge on any atom is 0.107 e. The number of thiazole rings is 1. The Kier molecular flexibility index (Phi) is 6.41. The zero-order valence-electron chi connectivity index (χ0n) is 10.6. The highest BCUT2D eigenvalue weighted by Crippen LogP contribution is 2.14. The zero-order chi connectivity index (χ0) is 11.4. The Labute approximate surface area is 114 Å². The van der Waals surface area contributed by atoms with Crippen molar-refractivity contribution >= 4 is 23.7 Å². The smallest absolute Gasteiger partial charge is 0.107 e. The van der Waals surface area contributed by atoms with Gasteiger partial charge in [0, 0.05) is 31.1 Å². The number of nitrogens with zero attached hydrogens (tertiary/aromatic N) is 2. The van der Waals surface area contributed by atoms with Gasteiger partial charge in [-0.05, 0) is 13.3 Å².